The summed E-state index contributed by atoms with van der Waals surface area (Å²) in [4.78, 5) is 38.7. The van der Waals surface area contributed by atoms with Crippen molar-refractivity contribution in [1.82, 2.24) is 0 Å². The molecule has 1 fully saturated rings. The van der Waals surface area contributed by atoms with Gasteiger partial charge in [0.05, 0.1) is 11.6 Å². The van der Waals surface area contributed by atoms with E-state index in [0.29, 0.717) is 6.07 Å². The normalized spacial score (nSPS) is 17.0. The maximum Gasteiger partial charge on any atom is 0.312 e. The van der Waals surface area contributed by atoms with Crippen molar-refractivity contribution in [3.63, 3.8) is 0 Å². The molecule has 0 aromatic heterocycles. The molecule has 0 unspecified atom stereocenters. The van der Waals surface area contributed by atoms with Gasteiger partial charge in [0.1, 0.15) is 11.6 Å². The highest BCUT2D eigenvalue weighted by Gasteiger charge is 2.38. The number of rotatable bonds is 5. The van der Waals surface area contributed by atoms with Crippen LogP contribution in [-0.2, 0) is 19.1 Å². The molecule has 3 rings (SSSR count). The Morgan fingerprint density at radius 1 is 1.20 bits per heavy atom. The zero-order valence-corrected chi connectivity index (χ0v) is 16.9. The first-order valence-corrected chi connectivity index (χ1v) is 9.50. The summed E-state index contributed by atoms with van der Waals surface area (Å²) in [6, 6.07) is 8.32. The van der Waals surface area contributed by atoms with E-state index in [-0.39, 0.29) is 24.6 Å². The highest BCUT2D eigenvalue weighted by atomic mass is 19.1. The van der Waals surface area contributed by atoms with Crippen molar-refractivity contribution < 1.29 is 27.9 Å². The quantitative estimate of drug-likeness (QED) is 0.757. The number of amides is 2. The largest absolute Gasteiger partial charge is 0.452 e. The lowest BCUT2D eigenvalue weighted by Crippen LogP contribution is -2.33. The maximum atomic E-state index is 13.7. The molecule has 1 saturated heterocycles. The Morgan fingerprint density at radius 2 is 1.93 bits per heavy atom. The Hall–Kier alpha value is -3.29. The van der Waals surface area contributed by atoms with E-state index < -0.39 is 35.5 Å². The van der Waals surface area contributed by atoms with E-state index >= 15 is 0 Å². The summed E-state index contributed by atoms with van der Waals surface area (Å²) in [5.74, 6) is -4.06. The van der Waals surface area contributed by atoms with Crippen LogP contribution in [0.4, 0.5) is 20.2 Å². The lowest BCUT2D eigenvalue weighted by Gasteiger charge is -2.20. The molecule has 0 radical (unpaired) electrons. The fourth-order valence-corrected chi connectivity index (χ4v) is 3.28. The van der Waals surface area contributed by atoms with Crippen molar-refractivity contribution in [2.75, 3.05) is 16.8 Å². The number of halogens is 2. The molecule has 158 valence electrons. The van der Waals surface area contributed by atoms with E-state index in [1.54, 1.807) is 4.90 Å². The molecule has 0 bridgehead atoms. The third-order valence-electron chi connectivity index (χ3n) is 5.18. The topological polar surface area (TPSA) is 75.7 Å². The Balaban J connectivity index is 1.62. The number of anilines is 2. The molecular weight excluding hydrogens is 394 g/mol. The summed E-state index contributed by atoms with van der Waals surface area (Å²) < 4.78 is 31.8. The second-order valence-corrected chi connectivity index (χ2v) is 7.32. The highest BCUT2D eigenvalue weighted by molar-refractivity contribution is 6.01. The van der Waals surface area contributed by atoms with Crippen molar-refractivity contribution in [3.8, 4) is 0 Å². The fourth-order valence-electron chi connectivity index (χ4n) is 3.28. The molecule has 30 heavy (non-hydrogen) atoms. The molecule has 6 nitrogen and oxygen atoms in total. The molecule has 1 aliphatic rings. The van der Waals surface area contributed by atoms with Crippen molar-refractivity contribution in [2.24, 2.45) is 5.92 Å². The van der Waals surface area contributed by atoms with Gasteiger partial charge in [-0.3, -0.25) is 14.4 Å². The SMILES string of the molecule is Cc1cccc(N2C[C@@H](C(=O)O[C@@H](C)C(=O)Nc3ccc(F)cc3F)CC2=O)c1C. The van der Waals surface area contributed by atoms with Crippen LogP contribution in [0.2, 0.25) is 0 Å². The predicted molar refractivity (Wildman–Crippen MR) is 107 cm³/mol. The van der Waals surface area contributed by atoms with Crippen LogP contribution in [0, 0.1) is 31.4 Å². The number of carbonyl (C=O) groups excluding carboxylic acids is 3. The number of ether oxygens (including phenoxy) is 1. The molecule has 0 spiro atoms. The Labute approximate surface area is 172 Å². The summed E-state index contributed by atoms with van der Waals surface area (Å²) >= 11 is 0. The number of hydrogen-bond donors (Lipinski definition) is 1. The van der Waals surface area contributed by atoms with E-state index in [4.69, 9.17) is 4.74 Å². The van der Waals surface area contributed by atoms with Crippen molar-refractivity contribution in [2.45, 2.75) is 33.3 Å². The summed E-state index contributed by atoms with van der Waals surface area (Å²) in [7, 11) is 0. The summed E-state index contributed by atoms with van der Waals surface area (Å²) in [5, 5.41) is 2.26. The molecule has 2 aromatic carbocycles. The average molecular weight is 416 g/mol. The molecule has 1 N–H and O–H groups in total. The van der Waals surface area contributed by atoms with E-state index in [1.807, 2.05) is 32.0 Å². The second kappa shape index (κ2) is 8.61. The molecule has 1 heterocycles. The van der Waals surface area contributed by atoms with Crippen LogP contribution in [0.1, 0.15) is 24.5 Å². The first-order valence-electron chi connectivity index (χ1n) is 9.50. The molecule has 8 heteroatoms. The van der Waals surface area contributed by atoms with Crippen LogP contribution in [-0.4, -0.2) is 30.4 Å². The molecule has 0 saturated carbocycles. The third-order valence-corrected chi connectivity index (χ3v) is 5.18. The number of aryl methyl sites for hydroxylation is 1. The molecule has 2 atom stereocenters. The van der Waals surface area contributed by atoms with Crippen LogP contribution in [0.15, 0.2) is 36.4 Å². The number of benzene rings is 2. The first-order chi connectivity index (χ1) is 14.2. The minimum atomic E-state index is -1.22. The van der Waals surface area contributed by atoms with Gasteiger partial charge in [0.2, 0.25) is 5.91 Å². The monoisotopic (exact) mass is 416 g/mol. The van der Waals surface area contributed by atoms with Crippen LogP contribution in [0.5, 0.6) is 0 Å². The number of nitrogens with zero attached hydrogens (tertiary/aromatic N) is 1. The molecule has 0 aliphatic carbocycles. The third kappa shape index (κ3) is 4.48. The number of hydrogen-bond acceptors (Lipinski definition) is 4. The minimum Gasteiger partial charge on any atom is -0.452 e. The van der Waals surface area contributed by atoms with Gasteiger partial charge >= 0.3 is 5.97 Å². The van der Waals surface area contributed by atoms with Crippen molar-refractivity contribution in [3.05, 3.63) is 59.2 Å². The first kappa shape index (κ1) is 21.4. The molecule has 2 amide bonds. The van der Waals surface area contributed by atoms with E-state index in [2.05, 4.69) is 5.32 Å². The van der Waals surface area contributed by atoms with Crippen LogP contribution in [0.25, 0.3) is 0 Å². The number of carbonyl (C=O) groups is 3. The standard InChI is InChI=1S/C22H22F2N2O4/c1-12-5-4-6-19(13(12)2)26-11-15(9-20(26)27)22(29)30-14(3)21(28)25-18-8-7-16(23)10-17(18)24/h4-8,10,14-15H,9,11H2,1-3H3,(H,25,28)/t14-,15-/m0/s1. The molecule has 1 aliphatic heterocycles. The van der Waals surface area contributed by atoms with Crippen molar-refractivity contribution >= 4 is 29.2 Å². The van der Waals surface area contributed by atoms with Gasteiger partial charge in [0.15, 0.2) is 6.10 Å². The van der Waals surface area contributed by atoms with Crippen LogP contribution in [0.3, 0.4) is 0 Å². The molecule has 2 aromatic rings. The molecular formula is C22H22F2N2O4. The lowest BCUT2D eigenvalue weighted by atomic mass is 10.1. The fraction of sp³-hybridized carbons (Fsp3) is 0.318. The van der Waals surface area contributed by atoms with Gasteiger partial charge in [0, 0.05) is 24.7 Å². The van der Waals surface area contributed by atoms with Gasteiger partial charge in [0.25, 0.3) is 5.91 Å². The number of nitrogens with one attached hydrogen (secondary N) is 1. The number of esters is 1. The average Bonchev–Trinajstić information content (AvgIpc) is 3.07. The summed E-state index contributed by atoms with van der Waals surface area (Å²) in [5.41, 5.74) is 2.51. The van der Waals surface area contributed by atoms with Gasteiger partial charge in [-0.15, -0.1) is 0 Å². The smallest absolute Gasteiger partial charge is 0.312 e. The van der Waals surface area contributed by atoms with E-state index in [9.17, 15) is 23.2 Å². The van der Waals surface area contributed by atoms with Gasteiger partial charge < -0.3 is 15.0 Å². The lowest BCUT2D eigenvalue weighted by molar-refractivity contribution is -0.157. The zero-order valence-electron chi connectivity index (χ0n) is 16.9. The highest BCUT2D eigenvalue weighted by Crippen LogP contribution is 2.30. The van der Waals surface area contributed by atoms with Gasteiger partial charge in [-0.2, -0.15) is 0 Å². The minimum absolute atomic E-state index is 0.0207. The zero-order chi connectivity index (χ0) is 22.0. The Bertz CT molecular complexity index is 1010. The Morgan fingerprint density at radius 3 is 2.63 bits per heavy atom. The Kier molecular flexibility index (Phi) is 6.14. The summed E-state index contributed by atoms with van der Waals surface area (Å²) in [6.45, 7) is 5.34. The van der Waals surface area contributed by atoms with Gasteiger partial charge in [-0.25, -0.2) is 8.78 Å². The maximum absolute atomic E-state index is 13.7. The van der Waals surface area contributed by atoms with Gasteiger partial charge in [-0.05, 0) is 50.1 Å². The van der Waals surface area contributed by atoms with Crippen LogP contribution < -0.4 is 10.2 Å². The van der Waals surface area contributed by atoms with Crippen LogP contribution >= 0.6 is 0 Å². The summed E-state index contributed by atoms with van der Waals surface area (Å²) in [6.07, 6.45) is -1.24. The second-order valence-electron chi connectivity index (χ2n) is 7.32. The van der Waals surface area contributed by atoms with E-state index in [0.717, 1.165) is 28.9 Å². The van der Waals surface area contributed by atoms with Gasteiger partial charge in [-0.1, -0.05) is 12.1 Å². The van der Waals surface area contributed by atoms with E-state index in [1.165, 1.54) is 6.92 Å². The van der Waals surface area contributed by atoms with Crippen molar-refractivity contribution in [1.29, 1.82) is 0 Å². The predicted octanol–water partition coefficient (Wildman–Crippen LogP) is 3.50.